The highest BCUT2D eigenvalue weighted by Gasteiger charge is 2.43. The predicted octanol–water partition coefficient (Wildman–Crippen LogP) is 6.58. The Bertz CT molecular complexity index is 1580. The van der Waals surface area contributed by atoms with E-state index >= 15 is 0 Å². The Kier molecular flexibility index (Phi) is 6.98. The molecule has 0 aromatic heterocycles. The summed E-state index contributed by atoms with van der Waals surface area (Å²) in [5.74, 6) is -1.22. The van der Waals surface area contributed by atoms with E-state index in [1.165, 1.54) is 0 Å². The Labute approximate surface area is 230 Å². The number of ketones is 1. The van der Waals surface area contributed by atoms with Gasteiger partial charge in [-0.25, -0.2) is 4.79 Å². The molecule has 1 N–H and O–H groups in total. The van der Waals surface area contributed by atoms with E-state index in [0.717, 1.165) is 5.56 Å². The molecule has 1 aliphatic carbocycles. The van der Waals surface area contributed by atoms with Crippen molar-refractivity contribution in [3.8, 4) is 11.8 Å². The smallest absolute Gasteiger partial charge is 0.336 e. The van der Waals surface area contributed by atoms with Gasteiger partial charge >= 0.3 is 5.97 Å². The lowest BCUT2D eigenvalue weighted by Crippen LogP contribution is -2.29. The number of Topliss-reactive ketones (excluding diaryl/α,β-unsaturated/α-hetero) is 1. The minimum atomic E-state index is -0.756. The summed E-state index contributed by atoms with van der Waals surface area (Å²) in [6.45, 7) is 3.78. The first-order valence-electron chi connectivity index (χ1n) is 12.0. The summed E-state index contributed by atoms with van der Waals surface area (Å²) in [7, 11) is 0. The highest BCUT2D eigenvalue weighted by Crippen LogP contribution is 2.48. The molecular weight excluding hydrogens is 523 g/mol. The fourth-order valence-corrected chi connectivity index (χ4v) is 5.54. The van der Waals surface area contributed by atoms with E-state index in [4.69, 9.17) is 32.7 Å². The Hall–Kier alpha value is -4.05. The molecule has 1 atom stereocenters. The largest absolute Gasteiger partial charge is 0.486 e. The molecular formula is C30H22Cl2N2O4. The second-order valence-electron chi connectivity index (χ2n) is 8.85. The van der Waals surface area contributed by atoms with Crippen molar-refractivity contribution in [1.82, 2.24) is 5.32 Å². The fourth-order valence-electron chi connectivity index (χ4n) is 4.93. The number of carbonyl (C=O) groups is 2. The molecule has 0 saturated carbocycles. The molecule has 1 heterocycles. The van der Waals surface area contributed by atoms with Crippen molar-refractivity contribution in [2.75, 3.05) is 6.61 Å². The summed E-state index contributed by atoms with van der Waals surface area (Å²) >= 11 is 13.3. The minimum Gasteiger partial charge on any atom is -0.486 e. The number of nitriles is 1. The van der Waals surface area contributed by atoms with Crippen LogP contribution in [0.4, 0.5) is 0 Å². The average Bonchev–Trinajstić information content (AvgIpc) is 3.19. The topological polar surface area (TPSA) is 88.4 Å². The SMILES string of the molecule is CCOC(=O)C1=C(C)NC2=C(C(=O)c3ccccc32)[C@H]1c1cc(Cl)c(OCc2ccccc2C#N)c(Cl)c1. The van der Waals surface area contributed by atoms with Crippen LogP contribution in [0.5, 0.6) is 5.75 Å². The zero-order valence-corrected chi connectivity index (χ0v) is 22.1. The molecule has 8 heteroatoms. The summed E-state index contributed by atoms with van der Waals surface area (Å²) in [5.41, 5.74) is 5.05. The highest BCUT2D eigenvalue weighted by molar-refractivity contribution is 6.37. The number of ether oxygens (including phenoxy) is 2. The molecule has 1 aliphatic heterocycles. The van der Waals surface area contributed by atoms with Crippen LogP contribution in [0.2, 0.25) is 10.0 Å². The molecule has 2 aliphatic rings. The lowest BCUT2D eigenvalue weighted by atomic mass is 9.80. The van der Waals surface area contributed by atoms with Gasteiger partial charge in [0.05, 0.1) is 39.6 Å². The molecule has 0 bridgehead atoms. The van der Waals surface area contributed by atoms with Gasteiger partial charge in [0.25, 0.3) is 0 Å². The minimum absolute atomic E-state index is 0.0893. The van der Waals surface area contributed by atoms with Gasteiger partial charge in [-0.2, -0.15) is 5.26 Å². The molecule has 0 fully saturated rings. The zero-order valence-electron chi connectivity index (χ0n) is 20.6. The zero-order chi connectivity index (χ0) is 27.0. The molecule has 190 valence electrons. The van der Waals surface area contributed by atoms with Gasteiger partial charge in [-0.05, 0) is 37.6 Å². The first kappa shape index (κ1) is 25.6. The van der Waals surface area contributed by atoms with Crippen molar-refractivity contribution < 1.29 is 19.1 Å². The van der Waals surface area contributed by atoms with Gasteiger partial charge in [-0.15, -0.1) is 0 Å². The van der Waals surface area contributed by atoms with E-state index in [-0.39, 0.29) is 34.8 Å². The van der Waals surface area contributed by atoms with E-state index in [1.807, 2.05) is 18.2 Å². The van der Waals surface area contributed by atoms with Gasteiger partial charge < -0.3 is 14.8 Å². The number of benzene rings is 3. The number of hydrogen-bond donors (Lipinski definition) is 1. The van der Waals surface area contributed by atoms with Crippen molar-refractivity contribution in [2.45, 2.75) is 26.4 Å². The summed E-state index contributed by atoms with van der Waals surface area (Å²) in [6.07, 6.45) is 0. The van der Waals surface area contributed by atoms with Crippen molar-refractivity contribution in [3.05, 3.63) is 115 Å². The lowest BCUT2D eigenvalue weighted by Gasteiger charge is -2.29. The van der Waals surface area contributed by atoms with Gasteiger partial charge in [0.1, 0.15) is 6.61 Å². The van der Waals surface area contributed by atoms with Crippen molar-refractivity contribution >= 4 is 40.7 Å². The lowest BCUT2D eigenvalue weighted by molar-refractivity contribution is -0.138. The maximum Gasteiger partial charge on any atom is 0.336 e. The Morgan fingerprint density at radius 2 is 1.71 bits per heavy atom. The van der Waals surface area contributed by atoms with Gasteiger partial charge in [-0.1, -0.05) is 65.7 Å². The third-order valence-corrected chi connectivity index (χ3v) is 7.17. The molecule has 38 heavy (non-hydrogen) atoms. The average molecular weight is 545 g/mol. The van der Waals surface area contributed by atoms with E-state index < -0.39 is 11.9 Å². The second-order valence-corrected chi connectivity index (χ2v) is 9.67. The molecule has 0 unspecified atom stereocenters. The van der Waals surface area contributed by atoms with Crippen molar-refractivity contribution in [1.29, 1.82) is 5.26 Å². The summed E-state index contributed by atoms with van der Waals surface area (Å²) < 4.78 is 11.3. The van der Waals surface area contributed by atoms with Gasteiger partial charge in [0, 0.05) is 33.9 Å². The van der Waals surface area contributed by atoms with Crippen LogP contribution in [0.1, 0.15) is 52.4 Å². The third-order valence-electron chi connectivity index (χ3n) is 6.61. The van der Waals surface area contributed by atoms with Crippen LogP contribution in [0.3, 0.4) is 0 Å². The van der Waals surface area contributed by atoms with Gasteiger partial charge in [0.2, 0.25) is 0 Å². The number of allylic oxidation sites excluding steroid dienone is 2. The number of nitrogens with one attached hydrogen (secondary N) is 1. The number of fused-ring (bicyclic) bond motifs is 2. The van der Waals surface area contributed by atoms with E-state index in [2.05, 4.69) is 11.4 Å². The van der Waals surface area contributed by atoms with Crippen LogP contribution >= 0.6 is 23.2 Å². The maximum absolute atomic E-state index is 13.6. The number of nitrogens with zero attached hydrogens (tertiary/aromatic N) is 1. The molecule has 0 radical (unpaired) electrons. The number of dihydropyridines is 1. The van der Waals surface area contributed by atoms with Crippen LogP contribution in [-0.2, 0) is 16.1 Å². The standard InChI is InChI=1S/C30H22Cl2N2O4/c1-3-37-30(36)24-16(2)34-27-20-10-6-7-11-21(20)28(35)26(27)25(24)19-12-22(31)29(23(32)13-19)38-15-18-9-5-4-8-17(18)14-33/h4-13,25,34H,3,15H2,1-2H3/t25-/m0/s1. The fraction of sp³-hybridized carbons (Fsp3) is 0.167. The van der Waals surface area contributed by atoms with Crippen LogP contribution in [-0.4, -0.2) is 18.4 Å². The van der Waals surface area contributed by atoms with E-state index in [9.17, 15) is 14.9 Å². The first-order chi connectivity index (χ1) is 18.3. The van der Waals surface area contributed by atoms with Crippen LogP contribution in [0, 0.1) is 11.3 Å². The molecule has 6 nitrogen and oxygen atoms in total. The molecule has 0 amide bonds. The molecule has 3 aromatic carbocycles. The number of carbonyl (C=O) groups excluding carboxylic acids is 2. The van der Waals surface area contributed by atoms with E-state index in [0.29, 0.717) is 44.8 Å². The number of esters is 1. The Morgan fingerprint density at radius 1 is 1.05 bits per heavy atom. The third kappa shape index (κ3) is 4.34. The normalized spacial score (nSPS) is 16.0. The van der Waals surface area contributed by atoms with Crippen LogP contribution < -0.4 is 10.1 Å². The van der Waals surface area contributed by atoms with Gasteiger partial charge in [-0.3, -0.25) is 4.79 Å². The molecule has 3 aromatic rings. The molecule has 0 spiro atoms. The van der Waals surface area contributed by atoms with Crippen molar-refractivity contribution in [2.24, 2.45) is 0 Å². The second kappa shape index (κ2) is 10.4. The summed E-state index contributed by atoms with van der Waals surface area (Å²) in [4.78, 5) is 26.8. The van der Waals surface area contributed by atoms with Gasteiger partial charge in [0.15, 0.2) is 11.5 Å². The summed E-state index contributed by atoms with van der Waals surface area (Å²) in [5, 5.41) is 13.1. The first-order valence-corrected chi connectivity index (χ1v) is 12.7. The highest BCUT2D eigenvalue weighted by atomic mass is 35.5. The maximum atomic E-state index is 13.6. The predicted molar refractivity (Wildman–Crippen MR) is 145 cm³/mol. The summed E-state index contributed by atoms with van der Waals surface area (Å²) in [6, 6.07) is 19.8. The number of halogens is 2. The quantitative estimate of drug-likeness (QED) is 0.353. The number of hydrogen-bond acceptors (Lipinski definition) is 6. The van der Waals surface area contributed by atoms with Crippen LogP contribution in [0.25, 0.3) is 5.70 Å². The van der Waals surface area contributed by atoms with E-state index in [1.54, 1.807) is 56.3 Å². The molecule has 5 rings (SSSR count). The van der Waals surface area contributed by atoms with Crippen LogP contribution in [0.15, 0.2) is 77.5 Å². The monoisotopic (exact) mass is 544 g/mol. The Morgan fingerprint density at radius 3 is 2.39 bits per heavy atom. The molecule has 0 saturated heterocycles. The number of rotatable bonds is 6. The Balaban J connectivity index is 1.58. The van der Waals surface area contributed by atoms with Crippen molar-refractivity contribution in [3.63, 3.8) is 0 Å².